The molecule has 0 spiro atoms. The summed E-state index contributed by atoms with van der Waals surface area (Å²) in [6.45, 7) is -1.36. The minimum atomic E-state index is -7.36. The molecule has 0 aromatic heterocycles. The molecule has 9 aromatic carbocycles. The van der Waals surface area contributed by atoms with Gasteiger partial charge in [0.25, 0.3) is 0 Å². The van der Waals surface area contributed by atoms with Gasteiger partial charge in [-0.25, -0.2) is 198 Å². The second kappa shape index (κ2) is 31.1. The molecule has 3 atom stereocenters. The van der Waals surface area contributed by atoms with E-state index in [9.17, 15) is 0 Å². The van der Waals surface area contributed by atoms with Crippen molar-refractivity contribution in [3.8, 4) is 0 Å². The maximum absolute atomic E-state index is 17.9. The third kappa shape index (κ3) is 12.5. The smallest absolute Gasteiger partial charge is 0.371 e. The summed E-state index contributed by atoms with van der Waals surface area (Å²) in [7, 11) is -7.10. The van der Waals surface area contributed by atoms with Gasteiger partial charge in [-0.1, -0.05) is 20.8 Å². The average Bonchev–Trinajstić information content (AvgIpc) is 0.690. The Morgan fingerprint density at radius 1 is 0.157 bits per heavy atom. The van der Waals surface area contributed by atoms with Crippen LogP contribution in [0.5, 0.6) is 0 Å². The van der Waals surface area contributed by atoms with Crippen LogP contribution in [0.15, 0.2) is 0 Å². The molecule has 115 heavy (non-hydrogen) atoms. The summed E-state index contributed by atoms with van der Waals surface area (Å²) < 4.78 is 766. The minimum absolute atomic E-state index is 0.454. The Bertz CT molecular complexity index is 4630. The van der Waals surface area contributed by atoms with E-state index in [4.69, 9.17) is 14.0 Å². The molecule has 0 heterocycles. The molecule has 0 aliphatic rings. The zero-order valence-corrected chi connectivity index (χ0v) is 54.2. The van der Waals surface area contributed by atoms with Crippen molar-refractivity contribution in [2.24, 2.45) is 0 Å². The topological polar surface area (TPSA) is 27.7 Å². The second-order valence-corrected chi connectivity index (χ2v) is 23.4. The van der Waals surface area contributed by atoms with E-state index in [-0.39, 0.29) is 0 Å². The first-order valence-electron chi connectivity index (χ1n) is 29.9. The number of hydrogen-bond donors (Lipinski definition) is 0. The van der Waals surface area contributed by atoms with E-state index in [2.05, 4.69) is 0 Å². The van der Waals surface area contributed by atoms with Crippen molar-refractivity contribution in [1.29, 1.82) is 0 Å². The van der Waals surface area contributed by atoms with Gasteiger partial charge in [-0.2, -0.15) is 0 Å². The van der Waals surface area contributed by atoms with Crippen LogP contribution in [0.2, 0.25) is 0 Å². The van der Waals surface area contributed by atoms with Gasteiger partial charge in [0.15, 0.2) is 209 Å². The molecule has 0 fully saturated rings. The number of halogens is 45. The van der Waals surface area contributed by atoms with Gasteiger partial charge < -0.3 is 14.0 Å². The lowest BCUT2D eigenvalue weighted by Gasteiger charge is -2.49. The zero-order chi connectivity index (χ0) is 87.2. The van der Waals surface area contributed by atoms with Crippen molar-refractivity contribution in [3.63, 3.8) is 0 Å². The van der Waals surface area contributed by atoms with Gasteiger partial charge >= 0.3 is 7.32 Å². The Balaban J connectivity index is 1.86. The standard InChI is InChI=1S/C66H18BF45O3/c1-4-7(10-19(68)37(86)55(104)38(87)20(10)69)64(13-25(74)43(92)58(107)44(93)26(13)75,14-27(76)45(94)59(108)46(95)28(14)77)113-67(114-65(15-29(78)47(96)60(109)48(97)30(15)79,16-31(80)49(98)61(110)50(99)32(16)81)8(5-2)11-21(70)39(88)56(105)40(89)22(11)71)115-66(17-33(82)51(100)62(111)52(101)34(17)83,18-35(84)53(102)63(112)54(103)36(18)85)9(6-3)12-23(72)41(90)57(106)42(91)24(12)73/h7-9H,4-6H2,1-3H3. The lowest BCUT2D eigenvalue weighted by Crippen LogP contribution is -2.57. The second-order valence-electron chi connectivity index (χ2n) is 23.4. The summed E-state index contributed by atoms with van der Waals surface area (Å²) >= 11 is 0. The van der Waals surface area contributed by atoms with E-state index in [1.165, 1.54) is 0 Å². The van der Waals surface area contributed by atoms with E-state index in [1.807, 2.05) is 0 Å². The molecule has 0 amide bonds. The normalized spacial score (nSPS) is 13.1. The quantitative estimate of drug-likeness (QED) is 0.0311. The summed E-state index contributed by atoms with van der Waals surface area (Å²) in [5.74, 6) is -207. The summed E-state index contributed by atoms with van der Waals surface area (Å²) in [5.41, 5.74) is -60.7. The highest BCUT2D eigenvalue weighted by Crippen LogP contribution is 2.62. The summed E-state index contributed by atoms with van der Waals surface area (Å²) in [6, 6.07) is 0. The number of rotatable bonds is 21. The van der Waals surface area contributed by atoms with Crippen molar-refractivity contribution in [1.82, 2.24) is 0 Å². The molecule has 0 bridgehead atoms. The lowest BCUT2D eigenvalue weighted by atomic mass is 9.67. The van der Waals surface area contributed by atoms with Crippen LogP contribution in [0.25, 0.3) is 0 Å². The molecule has 0 saturated carbocycles. The first-order valence-corrected chi connectivity index (χ1v) is 29.9. The van der Waals surface area contributed by atoms with Crippen LogP contribution in [0, 0.1) is 262 Å². The molecule has 49 heteroatoms. The fraction of sp³-hybridized carbons (Fsp3) is 0.182. The third-order valence-corrected chi connectivity index (χ3v) is 17.8. The van der Waals surface area contributed by atoms with E-state index in [0.717, 1.165) is 0 Å². The van der Waals surface area contributed by atoms with E-state index in [1.54, 1.807) is 0 Å². The van der Waals surface area contributed by atoms with Crippen molar-refractivity contribution in [3.05, 3.63) is 312 Å². The molecule has 3 unspecified atom stereocenters. The van der Waals surface area contributed by atoms with Crippen LogP contribution in [-0.2, 0) is 30.8 Å². The van der Waals surface area contributed by atoms with Crippen molar-refractivity contribution >= 4 is 7.32 Å². The lowest BCUT2D eigenvalue weighted by molar-refractivity contribution is -0.0991. The SMILES string of the molecule is CCC(c1c(F)c(F)c(F)c(F)c1F)C(OB(OC(c1c(F)c(F)c(F)c(F)c1F)(c1c(F)c(F)c(F)c(F)c1F)C(CC)c1c(F)c(F)c(F)c(F)c1F)OC(c1c(F)c(F)c(F)c(F)c1F)(c1c(F)c(F)c(F)c(F)c1F)C(CC)c1c(F)c(F)c(F)c(F)c1F)(c1c(F)c(F)c(F)c(F)c1F)c1c(F)c(F)c(F)c(F)c1F. The van der Waals surface area contributed by atoms with E-state index < -0.39 is 394 Å². The van der Waals surface area contributed by atoms with E-state index in [0.29, 0.717) is 0 Å². The molecule has 0 aliphatic heterocycles. The molecule has 0 radical (unpaired) electrons. The maximum atomic E-state index is 17.9. The van der Waals surface area contributed by atoms with Crippen LogP contribution in [0.3, 0.4) is 0 Å². The van der Waals surface area contributed by atoms with Gasteiger partial charge in [0, 0.05) is 34.4 Å². The Labute approximate surface area is 604 Å². The van der Waals surface area contributed by atoms with Crippen molar-refractivity contribution < 1.29 is 212 Å². The van der Waals surface area contributed by atoms with Crippen LogP contribution in [0.1, 0.15) is 108 Å². The Hall–Kier alpha value is -10.2. The molecule has 9 rings (SSSR count). The molecule has 618 valence electrons. The zero-order valence-electron chi connectivity index (χ0n) is 54.2. The molecular weight excluding hydrogens is 1710 g/mol. The summed E-state index contributed by atoms with van der Waals surface area (Å²) in [4.78, 5) is 0. The summed E-state index contributed by atoms with van der Waals surface area (Å²) in [5, 5.41) is 0. The van der Waals surface area contributed by atoms with Gasteiger partial charge in [-0.05, 0) is 19.3 Å². The summed E-state index contributed by atoms with van der Waals surface area (Å²) in [6.07, 6.45) is -9.14. The largest absolute Gasteiger partial charge is 0.642 e. The Morgan fingerprint density at radius 2 is 0.243 bits per heavy atom. The van der Waals surface area contributed by atoms with Gasteiger partial charge in [0.05, 0.1) is 33.4 Å². The van der Waals surface area contributed by atoms with Crippen LogP contribution < -0.4 is 0 Å². The van der Waals surface area contributed by atoms with Gasteiger partial charge in [-0.15, -0.1) is 0 Å². The van der Waals surface area contributed by atoms with Crippen molar-refractivity contribution in [2.45, 2.75) is 74.6 Å². The molecule has 9 aromatic rings. The third-order valence-electron chi connectivity index (χ3n) is 17.8. The molecule has 0 N–H and O–H groups in total. The number of benzene rings is 9. The Kier molecular flexibility index (Phi) is 24.0. The first-order chi connectivity index (χ1) is 53.2. The predicted molar refractivity (Wildman–Crippen MR) is 287 cm³/mol. The fourth-order valence-corrected chi connectivity index (χ4v) is 13.0. The molecule has 0 aliphatic carbocycles. The van der Waals surface area contributed by atoms with Gasteiger partial charge in [-0.3, -0.25) is 0 Å². The highest BCUT2D eigenvalue weighted by Gasteiger charge is 2.67. The van der Waals surface area contributed by atoms with Crippen molar-refractivity contribution in [2.75, 3.05) is 0 Å². The van der Waals surface area contributed by atoms with Crippen LogP contribution in [0.4, 0.5) is 198 Å². The maximum Gasteiger partial charge on any atom is 0.642 e. The fourth-order valence-electron chi connectivity index (χ4n) is 13.0. The highest BCUT2D eigenvalue weighted by molar-refractivity contribution is 6.37. The van der Waals surface area contributed by atoms with Gasteiger partial charge in [0.2, 0.25) is 52.4 Å². The van der Waals surface area contributed by atoms with Crippen LogP contribution in [-0.4, -0.2) is 7.32 Å². The predicted octanol–water partition coefficient (Wildman–Crippen LogP) is 22.7. The van der Waals surface area contributed by atoms with E-state index >= 15 is 198 Å². The average molecular weight is 1720 g/mol. The van der Waals surface area contributed by atoms with Crippen LogP contribution >= 0.6 is 0 Å². The van der Waals surface area contributed by atoms with Gasteiger partial charge in [0.1, 0.15) is 16.8 Å². The Morgan fingerprint density at radius 3 is 0.339 bits per heavy atom. The monoisotopic (exact) mass is 1720 g/mol. The number of hydrogen-bond acceptors (Lipinski definition) is 3. The molecule has 3 nitrogen and oxygen atoms in total. The molecule has 0 saturated heterocycles. The minimum Gasteiger partial charge on any atom is -0.371 e. The molecular formula is C66H18BF45O3. The first kappa shape index (κ1) is 88.7. The highest BCUT2D eigenvalue weighted by atomic mass is 19.2.